The Morgan fingerprint density at radius 3 is 2.17 bits per heavy atom. The maximum absolute atomic E-state index is 13.5. The van der Waals surface area contributed by atoms with Gasteiger partial charge in [-0.15, -0.1) is 0 Å². The molecule has 30 heavy (non-hydrogen) atoms. The second kappa shape index (κ2) is 9.49. The van der Waals surface area contributed by atoms with Gasteiger partial charge in [-0.1, -0.05) is 17.7 Å². The molecular formula is C22H29N3O4S. The molecule has 1 amide bonds. The van der Waals surface area contributed by atoms with E-state index in [0.717, 1.165) is 18.7 Å². The predicted octanol–water partition coefficient (Wildman–Crippen LogP) is 2.36. The highest BCUT2D eigenvalue weighted by Crippen LogP contribution is 2.26. The molecule has 3 rings (SSSR count). The van der Waals surface area contributed by atoms with Crippen LogP contribution in [0.15, 0.2) is 53.4 Å². The fraction of sp³-hybridized carbons (Fsp3) is 0.409. The maximum Gasteiger partial charge on any atom is 0.264 e. The van der Waals surface area contributed by atoms with E-state index in [1.165, 1.54) is 16.4 Å². The summed E-state index contributed by atoms with van der Waals surface area (Å²) in [5.41, 5.74) is 1.49. The summed E-state index contributed by atoms with van der Waals surface area (Å²) in [4.78, 5) is 17.0. The van der Waals surface area contributed by atoms with Crippen molar-refractivity contribution < 1.29 is 17.9 Å². The Balaban J connectivity index is 1.90. The van der Waals surface area contributed by atoms with Crippen LogP contribution >= 0.6 is 0 Å². The number of hydrogen-bond donors (Lipinski definition) is 0. The van der Waals surface area contributed by atoms with Gasteiger partial charge in [0.25, 0.3) is 10.0 Å². The first-order valence-corrected chi connectivity index (χ1v) is 11.5. The van der Waals surface area contributed by atoms with Crippen LogP contribution in [-0.4, -0.2) is 70.5 Å². The average molecular weight is 432 g/mol. The molecule has 2 aromatic carbocycles. The molecule has 1 heterocycles. The zero-order valence-electron chi connectivity index (χ0n) is 17.7. The normalized spacial score (nSPS) is 15.1. The maximum atomic E-state index is 13.5. The van der Waals surface area contributed by atoms with Gasteiger partial charge in [-0.25, -0.2) is 8.42 Å². The number of anilines is 1. The number of amides is 1. The quantitative estimate of drug-likeness (QED) is 0.673. The van der Waals surface area contributed by atoms with Crippen molar-refractivity contribution in [2.24, 2.45) is 0 Å². The van der Waals surface area contributed by atoms with Crippen molar-refractivity contribution in [3.05, 3.63) is 54.1 Å². The Kier molecular flexibility index (Phi) is 6.99. The Labute approximate surface area is 178 Å². The molecule has 0 saturated carbocycles. The van der Waals surface area contributed by atoms with E-state index in [2.05, 4.69) is 4.90 Å². The van der Waals surface area contributed by atoms with Gasteiger partial charge in [-0.3, -0.25) is 9.10 Å². The summed E-state index contributed by atoms with van der Waals surface area (Å²) in [6.07, 6.45) is 0. The fourth-order valence-corrected chi connectivity index (χ4v) is 4.72. The lowest BCUT2D eigenvalue weighted by Gasteiger charge is -2.34. The lowest BCUT2D eigenvalue weighted by atomic mass is 10.2. The van der Waals surface area contributed by atoms with Crippen LogP contribution in [0.5, 0.6) is 5.75 Å². The zero-order chi connectivity index (χ0) is 21.7. The Hall–Kier alpha value is -2.58. The highest BCUT2D eigenvalue weighted by molar-refractivity contribution is 7.92. The summed E-state index contributed by atoms with van der Waals surface area (Å²) < 4.78 is 33.5. The molecule has 1 aliphatic heterocycles. The second-order valence-corrected chi connectivity index (χ2v) is 9.30. The standard InChI is InChI=1S/C22H29N3O4S/c1-4-29-20-9-11-21(12-10-20)30(27,28)25(19-7-5-18(2)6-8-19)17-22(26)24-15-13-23(3)14-16-24/h5-12H,4,13-17H2,1-3H3. The first-order valence-electron chi connectivity index (χ1n) is 10.1. The molecule has 1 fully saturated rings. The number of carbonyl (C=O) groups excluding carboxylic acids is 1. The summed E-state index contributed by atoms with van der Waals surface area (Å²) in [6, 6.07) is 13.5. The first kappa shape index (κ1) is 22.1. The average Bonchev–Trinajstić information content (AvgIpc) is 2.74. The van der Waals surface area contributed by atoms with Crippen LogP contribution in [0.2, 0.25) is 0 Å². The minimum atomic E-state index is -3.92. The summed E-state index contributed by atoms with van der Waals surface area (Å²) in [6.45, 7) is 6.83. The first-order chi connectivity index (χ1) is 14.3. The van der Waals surface area contributed by atoms with Gasteiger partial charge in [-0.05, 0) is 57.3 Å². The lowest BCUT2D eigenvalue weighted by Crippen LogP contribution is -2.50. The number of piperazine rings is 1. The van der Waals surface area contributed by atoms with E-state index in [0.29, 0.717) is 31.1 Å². The molecule has 1 aliphatic rings. The van der Waals surface area contributed by atoms with Crippen molar-refractivity contribution in [2.75, 3.05) is 50.7 Å². The van der Waals surface area contributed by atoms with Gasteiger partial charge in [0.15, 0.2) is 0 Å². The SMILES string of the molecule is CCOc1ccc(S(=O)(=O)N(CC(=O)N2CCN(C)CC2)c2ccc(C)cc2)cc1. The Morgan fingerprint density at radius 1 is 1.00 bits per heavy atom. The van der Waals surface area contributed by atoms with E-state index in [1.807, 2.05) is 33.0 Å². The molecule has 0 N–H and O–H groups in total. The molecule has 7 nitrogen and oxygen atoms in total. The van der Waals surface area contributed by atoms with Crippen molar-refractivity contribution in [3.63, 3.8) is 0 Å². The number of ether oxygens (including phenoxy) is 1. The number of hydrogen-bond acceptors (Lipinski definition) is 5. The van der Waals surface area contributed by atoms with Gasteiger partial charge in [-0.2, -0.15) is 0 Å². The third-order valence-corrected chi connectivity index (χ3v) is 6.97. The van der Waals surface area contributed by atoms with Crippen LogP contribution in [0.3, 0.4) is 0 Å². The minimum Gasteiger partial charge on any atom is -0.494 e. The van der Waals surface area contributed by atoms with Crippen LogP contribution in [0.25, 0.3) is 0 Å². The number of rotatable bonds is 7. The van der Waals surface area contributed by atoms with Crippen molar-refractivity contribution in [1.82, 2.24) is 9.80 Å². The van der Waals surface area contributed by atoms with Crippen molar-refractivity contribution >= 4 is 21.6 Å². The smallest absolute Gasteiger partial charge is 0.264 e. The molecule has 8 heteroatoms. The van der Waals surface area contributed by atoms with Gasteiger partial charge in [0.2, 0.25) is 5.91 Å². The molecule has 0 bridgehead atoms. The van der Waals surface area contributed by atoms with E-state index < -0.39 is 10.0 Å². The van der Waals surface area contributed by atoms with Gasteiger partial charge < -0.3 is 14.5 Å². The Bertz CT molecular complexity index is 951. The number of likely N-dealkylation sites (N-methyl/N-ethyl adjacent to an activating group) is 1. The monoisotopic (exact) mass is 431 g/mol. The molecule has 1 saturated heterocycles. The predicted molar refractivity (Wildman–Crippen MR) is 117 cm³/mol. The van der Waals surface area contributed by atoms with E-state index in [-0.39, 0.29) is 17.3 Å². The highest BCUT2D eigenvalue weighted by Gasteiger charge is 2.30. The Morgan fingerprint density at radius 2 is 1.60 bits per heavy atom. The second-order valence-electron chi connectivity index (χ2n) is 7.44. The number of nitrogens with zero attached hydrogens (tertiary/aromatic N) is 3. The molecule has 0 aliphatic carbocycles. The van der Waals surface area contributed by atoms with E-state index in [9.17, 15) is 13.2 Å². The van der Waals surface area contributed by atoms with Crippen LogP contribution in [0.1, 0.15) is 12.5 Å². The van der Waals surface area contributed by atoms with E-state index >= 15 is 0 Å². The molecule has 2 aromatic rings. The zero-order valence-corrected chi connectivity index (χ0v) is 18.6. The van der Waals surface area contributed by atoms with Crippen LogP contribution in [0.4, 0.5) is 5.69 Å². The van der Waals surface area contributed by atoms with Crippen LogP contribution < -0.4 is 9.04 Å². The highest BCUT2D eigenvalue weighted by atomic mass is 32.2. The third kappa shape index (κ3) is 5.12. The third-order valence-electron chi connectivity index (χ3n) is 5.18. The lowest BCUT2D eigenvalue weighted by molar-refractivity contribution is -0.131. The van der Waals surface area contributed by atoms with Crippen molar-refractivity contribution in [1.29, 1.82) is 0 Å². The topological polar surface area (TPSA) is 70.2 Å². The van der Waals surface area contributed by atoms with E-state index in [4.69, 9.17) is 4.74 Å². The van der Waals surface area contributed by atoms with Crippen LogP contribution in [-0.2, 0) is 14.8 Å². The molecule has 0 spiro atoms. The number of carbonyl (C=O) groups is 1. The summed E-state index contributed by atoms with van der Waals surface area (Å²) in [5.74, 6) is 0.407. The summed E-state index contributed by atoms with van der Waals surface area (Å²) in [5, 5.41) is 0. The number of sulfonamides is 1. The molecule has 0 aromatic heterocycles. The number of benzene rings is 2. The largest absolute Gasteiger partial charge is 0.494 e. The fourth-order valence-electron chi connectivity index (χ4n) is 3.31. The molecular weight excluding hydrogens is 402 g/mol. The van der Waals surface area contributed by atoms with Gasteiger partial charge in [0.05, 0.1) is 17.2 Å². The molecule has 162 valence electrons. The molecule has 0 radical (unpaired) electrons. The van der Waals surface area contributed by atoms with Gasteiger partial charge >= 0.3 is 0 Å². The van der Waals surface area contributed by atoms with Crippen molar-refractivity contribution in [3.8, 4) is 5.75 Å². The summed E-state index contributed by atoms with van der Waals surface area (Å²) >= 11 is 0. The van der Waals surface area contributed by atoms with Gasteiger partial charge in [0, 0.05) is 26.2 Å². The van der Waals surface area contributed by atoms with E-state index in [1.54, 1.807) is 29.2 Å². The van der Waals surface area contributed by atoms with Gasteiger partial charge in [0.1, 0.15) is 12.3 Å². The minimum absolute atomic E-state index is 0.123. The van der Waals surface area contributed by atoms with Crippen molar-refractivity contribution in [2.45, 2.75) is 18.7 Å². The molecule has 0 atom stereocenters. The van der Waals surface area contributed by atoms with Crippen LogP contribution in [0, 0.1) is 6.92 Å². The number of aryl methyl sites for hydroxylation is 1. The molecule has 0 unspecified atom stereocenters. The summed E-state index contributed by atoms with van der Waals surface area (Å²) in [7, 11) is -1.91.